The van der Waals surface area contributed by atoms with Crippen molar-refractivity contribution in [2.75, 3.05) is 0 Å². The summed E-state index contributed by atoms with van der Waals surface area (Å²) in [7, 11) is 0. The molecule has 0 amide bonds. The van der Waals surface area contributed by atoms with Crippen LogP contribution >= 0.6 is 0 Å². The van der Waals surface area contributed by atoms with Gasteiger partial charge in [-0.1, -0.05) is 39.3 Å². The van der Waals surface area contributed by atoms with Gasteiger partial charge in [-0.2, -0.15) is 0 Å². The Hall–Kier alpha value is -2.63. The number of nitrogens with one attached hydrogen (secondary N) is 1. The van der Waals surface area contributed by atoms with Gasteiger partial charge in [0.2, 0.25) is 5.88 Å². The minimum atomic E-state index is -0.629. The number of rotatable bonds is 6. The number of hydrogen-bond donors (Lipinski definition) is 2. The van der Waals surface area contributed by atoms with Crippen molar-refractivity contribution in [2.45, 2.75) is 53.0 Å². The first kappa shape index (κ1) is 18.7. The Morgan fingerprint density at radius 1 is 1.24 bits per heavy atom. The van der Waals surface area contributed by atoms with E-state index >= 15 is 0 Å². The summed E-state index contributed by atoms with van der Waals surface area (Å²) in [5.74, 6) is 0.0930. The first-order valence-corrected chi connectivity index (χ1v) is 8.56. The number of hydrogen-bond acceptors (Lipinski definition) is 4. The summed E-state index contributed by atoms with van der Waals surface area (Å²) in [6, 6.07) is 7.72. The monoisotopic (exact) mass is 343 g/mol. The third-order valence-electron chi connectivity index (χ3n) is 4.13. The van der Waals surface area contributed by atoms with E-state index in [1.807, 2.05) is 31.2 Å². The zero-order valence-corrected chi connectivity index (χ0v) is 15.2. The zero-order chi connectivity index (χ0) is 18.6. The third-order valence-corrected chi connectivity index (χ3v) is 4.13. The summed E-state index contributed by atoms with van der Waals surface area (Å²) in [6.07, 6.45) is 1.60. The van der Waals surface area contributed by atoms with E-state index in [0.717, 1.165) is 12.8 Å². The van der Waals surface area contributed by atoms with Crippen LogP contribution in [-0.4, -0.2) is 20.4 Å². The summed E-state index contributed by atoms with van der Waals surface area (Å²) in [4.78, 5) is 30.7. The van der Waals surface area contributed by atoms with Gasteiger partial charge in [0.15, 0.2) is 0 Å². The van der Waals surface area contributed by atoms with Crippen molar-refractivity contribution in [1.29, 1.82) is 0 Å². The number of H-pyrrole nitrogens is 1. The topological polar surface area (TPSA) is 87.4 Å². The molecular formula is C19H25N3O3. The maximum Gasteiger partial charge on any atom is 0.331 e. The van der Waals surface area contributed by atoms with Crippen LogP contribution in [0.4, 0.5) is 5.69 Å². The first-order chi connectivity index (χ1) is 11.8. The molecule has 6 heteroatoms. The summed E-state index contributed by atoms with van der Waals surface area (Å²) in [5, 5.41) is 10.4. The Bertz CT molecular complexity index is 874. The third kappa shape index (κ3) is 4.26. The van der Waals surface area contributed by atoms with Gasteiger partial charge < -0.3 is 5.11 Å². The van der Waals surface area contributed by atoms with Crippen molar-refractivity contribution < 1.29 is 5.11 Å². The molecule has 25 heavy (non-hydrogen) atoms. The molecule has 134 valence electrons. The second-order valence-electron chi connectivity index (χ2n) is 6.41. The smallest absolute Gasteiger partial charge is 0.331 e. The molecule has 0 aliphatic carbocycles. The summed E-state index contributed by atoms with van der Waals surface area (Å²) >= 11 is 0. The van der Waals surface area contributed by atoms with Gasteiger partial charge in [0.1, 0.15) is 5.56 Å². The van der Waals surface area contributed by atoms with Crippen LogP contribution in [0.25, 0.3) is 0 Å². The van der Waals surface area contributed by atoms with E-state index < -0.39 is 11.2 Å². The van der Waals surface area contributed by atoms with Crippen molar-refractivity contribution in [3.63, 3.8) is 0 Å². The Morgan fingerprint density at radius 2 is 1.88 bits per heavy atom. The number of nitrogens with zero attached hydrogens (tertiary/aromatic N) is 2. The molecule has 1 heterocycles. The predicted molar refractivity (Wildman–Crippen MR) is 100 cm³/mol. The van der Waals surface area contributed by atoms with Crippen LogP contribution in [0.3, 0.4) is 0 Å². The van der Waals surface area contributed by atoms with Crippen LogP contribution < -0.4 is 11.2 Å². The van der Waals surface area contributed by atoms with Crippen molar-refractivity contribution in [2.24, 2.45) is 4.99 Å². The number of aliphatic imine (C=N–C) groups is 1. The normalized spacial score (nSPS) is 12.0. The van der Waals surface area contributed by atoms with Crippen LogP contribution in [0.2, 0.25) is 0 Å². The molecule has 1 aromatic carbocycles. The largest absolute Gasteiger partial charge is 0.494 e. The number of unbranched alkanes of at least 4 members (excludes halogenated alkanes) is 1. The average Bonchev–Trinajstić information content (AvgIpc) is 2.54. The molecule has 1 aromatic heterocycles. The summed E-state index contributed by atoms with van der Waals surface area (Å²) in [5.41, 5.74) is 1.05. The molecule has 0 spiro atoms. The van der Waals surface area contributed by atoms with Crippen molar-refractivity contribution >= 4 is 11.4 Å². The number of aromatic nitrogens is 2. The fourth-order valence-corrected chi connectivity index (χ4v) is 2.59. The molecule has 0 fully saturated rings. The molecular weight excluding hydrogens is 318 g/mol. The molecule has 0 saturated carbocycles. The molecule has 0 saturated heterocycles. The van der Waals surface area contributed by atoms with Gasteiger partial charge in [0.05, 0.1) is 11.4 Å². The fraction of sp³-hybridized carbons (Fsp3) is 0.421. The summed E-state index contributed by atoms with van der Waals surface area (Å²) in [6.45, 7) is 8.21. The Morgan fingerprint density at radius 3 is 2.44 bits per heavy atom. The molecule has 6 nitrogen and oxygen atoms in total. The molecule has 0 aliphatic rings. The highest BCUT2D eigenvalue weighted by molar-refractivity contribution is 6.01. The Balaban J connectivity index is 2.45. The SMILES string of the molecule is CCCCn1c(O)c(C(C)=Nc2ccc(C(C)C)cc2)c(=O)[nH]c1=O. The standard InChI is InChI=1S/C19H25N3O3/c1-5-6-11-22-18(24)16(17(23)21-19(22)25)13(4)20-15-9-7-14(8-10-15)12(2)3/h7-10,12,24H,5-6,11H2,1-4H3,(H,21,23,25). The van der Waals surface area contributed by atoms with E-state index in [2.05, 4.69) is 23.8 Å². The van der Waals surface area contributed by atoms with E-state index in [4.69, 9.17) is 0 Å². The second kappa shape index (κ2) is 7.96. The lowest BCUT2D eigenvalue weighted by molar-refractivity contribution is 0.394. The Labute approximate surface area is 146 Å². The second-order valence-corrected chi connectivity index (χ2v) is 6.41. The molecule has 0 unspecified atom stereocenters. The molecule has 0 atom stereocenters. The maximum atomic E-state index is 12.2. The molecule has 2 rings (SSSR count). The predicted octanol–water partition coefficient (Wildman–Crippen LogP) is 3.31. The average molecular weight is 343 g/mol. The van der Waals surface area contributed by atoms with Crippen LogP contribution in [0.15, 0.2) is 38.8 Å². The van der Waals surface area contributed by atoms with Gasteiger partial charge in [0.25, 0.3) is 5.56 Å². The highest BCUT2D eigenvalue weighted by Crippen LogP contribution is 2.21. The molecule has 2 aromatic rings. The van der Waals surface area contributed by atoms with Crippen LogP contribution in [0.1, 0.15) is 57.6 Å². The van der Waals surface area contributed by atoms with E-state index in [-0.39, 0.29) is 11.4 Å². The lowest BCUT2D eigenvalue weighted by Gasteiger charge is -2.11. The highest BCUT2D eigenvalue weighted by atomic mass is 16.3. The molecule has 2 N–H and O–H groups in total. The number of aromatic hydroxyl groups is 1. The lowest BCUT2D eigenvalue weighted by atomic mass is 10.0. The van der Waals surface area contributed by atoms with Gasteiger partial charge in [-0.25, -0.2) is 4.79 Å². The minimum Gasteiger partial charge on any atom is -0.494 e. The van der Waals surface area contributed by atoms with Crippen molar-refractivity contribution in [1.82, 2.24) is 9.55 Å². The van der Waals surface area contributed by atoms with E-state index in [1.165, 1.54) is 10.1 Å². The van der Waals surface area contributed by atoms with Crippen LogP contribution in [0, 0.1) is 0 Å². The number of benzene rings is 1. The van der Waals surface area contributed by atoms with E-state index in [0.29, 0.717) is 23.9 Å². The number of aromatic amines is 1. The molecule has 0 bridgehead atoms. The Kier molecular flexibility index (Phi) is 5.96. The zero-order valence-electron chi connectivity index (χ0n) is 15.2. The van der Waals surface area contributed by atoms with Gasteiger partial charge in [0, 0.05) is 6.54 Å². The quantitative estimate of drug-likeness (QED) is 0.789. The van der Waals surface area contributed by atoms with E-state index in [9.17, 15) is 14.7 Å². The van der Waals surface area contributed by atoms with Crippen molar-refractivity contribution in [3.8, 4) is 5.88 Å². The van der Waals surface area contributed by atoms with Crippen molar-refractivity contribution in [3.05, 3.63) is 56.2 Å². The molecule has 0 radical (unpaired) electrons. The summed E-state index contributed by atoms with van der Waals surface area (Å²) < 4.78 is 1.18. The van der Waals surface area contributed by atoms with Gasteiger partial charge in [-0.3, -0.25) is 19.3 Å². The van der Waals surface area contributed by atoms with Crippen LogP contribution in [-0.2, 0) is 6.54 Å². The maximum absolute atomic E-state index is 12.2. The first-order valence-electron chi connectivity index (χ1n) is 8.56. The van der Waals surface area contributed by atoms with Crippen LogP contribution in [0.5, 0.6) is 5.88 Å². The van der Waals surface area contributed by atoms with Gasteiger partial charge in [-0.15, -0.1) is 0 Å². The fourth-order valence-electron chi connectivity index (χ4n) is 2.59. The minimum absolute atomic E-state index is 0.0311. The molecule has 0 aliphatic heterocycles. The lowest BCUT2D eigenvalue weighted by Crippen LogP contribution is -2.33. The van der Waals surface area contributed by atoms with Gasteiger partial charge >= 0.3 is 5.69 Å². The van der Waals surface area contributed by atoms with E-state index in [1.54, 1.807) is 6.92 Å². The highest BCUT2D eigenvalue weighted by Gasteiger charge is 2.16. The van der Waals surface area contributed by atoms with Gasteiger partial charge in [-0.05, 0) is 37.0 Å².